The molecule has 0 amide bonds. The van der Waals surface area contributed by atoms with Gasteiger partial charge in [0.1, 0.15) is 0 Å². The van der Waals surface area contributed by atoms with E-state index >= 15 is 0 Å². The van der Waals surface area contributed by atoms with Crippen LogP contribution in [0.4, 0.5) is 0 Å². The van der Waals surface area contributed by atoms with Crippen LogP contribution in [0.2, 0.25) is 0 Å². The summed E-state index contributed by atoms with van der Waals surface area (Å²) in [6.07, 6.45) is 10.9. The summed E-state index contributed by atoms with van der Waals surface area (Å²) < 4.78 is 2.25. The van der Waals surface area contributed by atoms with Crippen LogP contribution in [0.5, 0.6) is 0 Å². The van der Waals surface area contributed by atoms with Crippen LogP contribution in [0, 0.1) is 5.92 Å². The van der Waals surface area contributed by atoms with Crippen LogP contribution in [0.3, 0.4) is 0 Å². The normalized spacial score (nSPS) is 16.5. The first kappa shape index (κ1) is 12.4. The molecule has 19 heavy (non-hydrogen) atoms. The molecule has 1 aliphatic carbocycles. The van der Waals surface area contributed by atoms with Crippen molar-refractivity contribution in [3.8, 4) is 0 Å². The van der Waals surface area contributed by atoms with Gasteiger partial charge in [-0.2, -0.15) is 0 Å². The van der Waals surface area contributed by atoms with E-state index in [-0.39, 0.29) is 0 Å². The SMILES string of the molecule is CCNC(c1ccn(Cc2cccnc2)c1)C1CC1. The Kier molecular flexibility index (Phi) is 3.65. The van der Waals surface area contributed by atoms with Crippen LogP contribution in [-0.2, 0) is 6.54 Å². The highest BCUT2D eigenvalue weighted by molar-refractivity contribution is 5.20. The molecule has 0 spiro atoms. The predicted octanol–water partition coefficient (Wildman–Crippen LogP) is 2.99. The van der Waals surface area contributed by atoms with Gasteiger partial charge in [-0.25, -0.2) is 0 Å². The Morgan fingerprint density at radius 3 is 3.00 bits per heavy atom. The van der Waals surface area contributed by atoms with Gasteiger partial charge in [0.2, 0.25) is 0 Å². The maximum absolute atomic E-state index is 4.16. The van der Waals surface area contributed by atoms with Gasteiger partial charge >= 0.3 is 0 Å². The number of rotatable bonds is 6. The molecule has 0 bridgehead atoms. The lowest BCUT2D eigenvalue weighted by Gasteiger charge is -2.15. The van der Waals surface area contributed by atoms with Crippen LogP contribution in [0.25, 0.3) is 0 Å². The lowest BCUT2D eigenvalue weighted by atomic mass is 10.1. The maximum Gasteiger partial charge on any atom is 0.0485 e. The van der Waals surface area contributed by atoms with Crippen molar-refractivity contribution < 1.29 is 0 Å². The zero-order valence-electron chi connectivity index (χ0n) is 11.4. The molecule has 3 heteroatoms. The average molecular weight is 255 g/mol. The molecule has 1 atom stereocenters. The van der Waals surface area contributed by atoms with E-state index in [1.807, 2.05) is 18.5 Å². The fourth-order valence-corrected chi connectivity index (χ4v) is 2.65. The summed E-state index contributed by atoms with van der Waals surface area (Å²) in [6.45, 7) is 4.12. The lowest BCUT2D eigenvalue weighted by Crippen LogP contribution is -2.22. The Hall–Kier alpha value is -1.61. The molecule has 1 N–H and O–H groups in total. The fourth-order valence-electron chi connectivity index (χ4n) is 2.65. The highest BCUT2D eigenvalue weighted by Gasteiger charge is 2.31. The van der Waals surface area contributed by atoms with Crippen molar-refractivity contribution in [2.75, 3.05) is 6.54 Å². The molecule has 2 aromatic heterocycles. The second-order valence-electron chi connectivity index (χ2n) is 5.35. The summed E-state index contributed by atoms with van der Waals surface area (Å²) in [5, 5.41) is 3.61. The number of nitrogens with zero attached hydrogens (tertiary/aromatic N) is 2. The van der Waals surface area contributed by atoms with Crippen LogP contribution >= 0.6 is 0 Å². The van der Waals surface area contributed by atoms with E-state index in [9.17, 15) is 0 Å². The summed E-state index contributed by atoms with van der Waals surface area (Å²) in [6, 6.07) is 6.91. The van der Waals surface area contributed by atoms with Crippen molar-refractivity contribution in [2.45, 2.75) is 32.4 Å². The summed E-state index contributed by atoms with van der Waals surface area (Å²) in [4.78, 5) is 4.16. The summed E-state index contributed by atoms with van der Waals surface area (Å²) >= 11 is 0. The number of pyridine rings is 1. The number of nitrogens with one attached hydrogen (secondary N) is 1. The molecule has 3 rings (SSSR count). The number of hydrogen-bond acceptors (Lipinski definition) is 2. The highest BCUT2D eigenvalue weighted by atomic mass is 15.0. The van der Waals surface area contributed by atoms with E-state index in [4.69, 9.17) is 0 Å². The molecule has 3 nitrogen and oxygen atoms in total. The van der Waals surface area contributed by atoms with Crippen molar-refractivity contribution in [3.05, 3.63) is 54.1 Å². The molecule has 0 saturated heterocycles. The highest BCUT2D eigenvalue weighted by Crippen LogP contribution is 2.41. The van der Waals surface area contributed by atoms with Crippen LogP contribution < -0.4 is 5.32 Å². The van der Waals surface area contributed by atoms with Gasteiger partial charge in [-0.05, 0) is 48.6 Å². The second-order valence-corrected chi connectivity index (χ2v) is 5.35. The van der Waals surface area contributed by atoms with Gasteiger partial charge < -0.3 is 9.88 Å². The fraction of sp³-hybridized carbons (Fsp3) is 0.438. The van der Waals surface area contributed by atoms with E-state index in [1.54, 1.807) is 0 Å². The largest absolute Gasteiger partial charge is 0.350 e. The van der Waals surface area contributed by atoms with Gasteiger partial charge in [0, 0.05) is 37.4 Å². The summed E-state index contributed by atoms with van der Waals surface area (Å²) in [5.41, 5.74) is 2.67. The quantitative estimate of drug-likeness (QED) is 0.860. The van der Waals surface area contributed by atoms with E-state index in [0.29, 0.717) is 6.04 Å². The second kappa shape index (κ2) is 5.57. The third-order valence-corrected chi connectivity index (χ3v) is 3.74. The first-order valence-corrected chi connectivity index (χ1v) is 7.15. The molecule has 2 aromatic rings. The van der Waals surface area contributed by atoms with Crippen molar-refractivity contribution >= 4 is 0 Å². The van der Waals surface area contributed by atoms with Gasteiger partial charge in [0.05, 0.1) is 0 Å². The molecule has 100 valence electrons. The molecule has 1 unspecified atom stereocenters. The smallest absolute Gasteiger partial charge is 0.0485 e. The molecular formula is C16H21N3. The molecular weight excluding hydrogens is 234 g/mol. The van der Waals surface area contributed by atoms with E-state index < -0.39 is 0 Å². The van der Waals surface area contributed by atoms with Crippen molar-refractivity contribution in [2.24, 2.45) is 5.92 Å². The Labute approximate surface area is 114 Å². The number of hydrogen-bond donors (Lipinski definition) is 1. The minimum Gasteiger partial charge on any atom is -0.350 e. The molecule has 0 aliphatic heterocycles. The average Bonchev–Trinajstić information content (AvgIpc) is 3.17. The molecule has 1 aliphatic rings. The van der Waals surface area contributed by atoms with Crippen molar-refractivity contribution in [1.29, 1.82) is 0 Å². The van der Waals surface area contributed by atoms with E-state index in [0.717, 1.165) is 19.0 Å². The first-order chi connectivity index (χ1) is 9.36. The van der Waals surface area contributed by atoms with Gasteiger partial charge in [0.15, 0.2) is 0 Å². The third kappa shape index (κ3) is 3.04. The molecule has 0 radical (unpaired) electrons. The zero-order chi connectivity index (χ0) is 13.1. The van der Waals surface area contributed by atoms with Gasteiger partial charge in [-0.15, -0.1) is 0 Å². The molecule has 0 aromatic carbocycles. The first-order valence-electron chi connectivity index (χ1n) is 7.15. The minimum absolute atomic E-state index is 0.542. The Morgan fingerprint density at radius 2 is 2.32 bits per heavy atom. The Morgan fingerprint density at radius 1 is 1.42 bits per heavy atom. The summed E-state index contributed by atoms with van der Waals surface area (Å²) in [7, 11) is 0. The maximum atomic E-state index is 4.16. The Bertz CT molecular complexity index is 514. The van der Waals surface area contributed by atoms with Gasteiger partial charge in [-0.1, -0.05) is 13.0 Å². The van der Waals surface area contributed by atoms with Gasteiger partial charge in [0.25, 0.3) is 0 Å². The lowest BCUT2D eigenvalue weighted by molar-refractivity contribution is 0.495. The van der Waals surface area contributed by atoms with E-state index in [1.165, 1.54) is 24.0 Å². The van der Waals surface area contributed by atoms with Gasteiger partial charge in [-0.3, -0.25) is 4.98 Å². The topological polar surface area (TPSA) is 29.9 Å². The van der Waals surface area contributed by atoms with Crippen molar-refractivity contribution in [3.63, 3.8) is 0 Å². The van der Waals surface area contributed by atoms with E-state index in [2.05, 4.69) is 46.3 Å². The number of aromatic nitrogens is 2. The van der Waals surface area contributed by atoms with Crippen LogP contribution in [-0.4, -0.2) is 16.1 Å². The van der Waals surface area contributed by atoms with Crippen molar-refractivity contribution in [1.82, 2.24) is 14.9 Å². The monoisotopic (exact) mass is 255 g/mol. The predicted molar refractivity (Wildman–Crippen MR) is 76.9 cm³/mol. The van der Waals surface area contributed by atoms with Crippen LogP contribution in [0.1, 0.15) is 36.9 Å². The standard InChI is InChI=1S/C16H21N3/c1-2-18-16(14-5-6-14)15-7-9-19(12-15)11-13-4-3-8-17-10-13/h3-4,7-10,12,14,16,18H,2,5-6,11H2,1H3. The molecule has 1 fully saturated rings. The van der Waals surface area contributed by atoms with Crippen LogP contribution in [0.15, 0.2) is 43.0 Å². The summed E-state index contributed by atoms with van der Waals surface area (Å²) in [5.74, 6) is 0.842. The zero-order valence-corrected chi connectivity index (χ0v) is 11.4. The Balaban J connectivity index is 1.71. The molecule has 2 heterocycles. The minimum atomic E-state index is 0.542. The molecule has 1 saturated carbocycles. The third-order valence-electron chi connectivity index (χ3n) is 3.74.